The van der Waals surface area contributed by atoms with Crippen LogP contribution >= 0.6 is 31.9 Å². The van der Waals surface area contributed by atoms with Crippen LogP contribution in [0.25, 0.3) is 21.8 Å². The highest BCUT2D eigenvalue weighted by Crippen LogP contribution is 2.37. The summed E-state index contributed by atoms with van der Waals surface area (Å²) in [5.74, 6) is -0.645. The summed E-state index contributed by atoms with van der Waals surface area (Å²) in [6, 6.07) is 21.2. The quantitative estimate of drug-likeness (QED) is 0.0912. The van der Waals surface area contributed by atoms with Gasteiger partial charge in [0, 0.05) is 58.0 Å². The van der Waals surface area contributed by atoms with Crippen molar-refractivity contribution in [1.82, 2.24) is 29.7 Å². The molecule has 19 nitrogen and oxygen atoms in total. The van der Waals surface area contributed by atoms with E-state index in [2.05, 4.69) is 62.4 Å². The predicted molar refractivity (Wildman–Crippen MR) is 326 cm³/mol. The van der Waals surface area contributed by atoms with Gasteiger partial charge < -0.3 is 49.2 Å². The van der Waals surface area contributed by atoms with Crippen LogP contribution < -0.4 is 24.8 Å². The Morgan fingerprint density at radius 3 is 1.57 bits per heavy atom. The number of rotatable bonds is 13. The lowest BCUT2D eigenvalue weighted by Gasteiger charge is -2.33. The molecule has 2 aromatic heterocycles. The molecule has 9 rings (SSSR count). The fraction of sp³-hybridized carbons (Fsp3) is 0.400. The van der Waals surface area contributed by atoms with E-state index >= 15 is 0 Å². The highest BCUT2D eigenvalue weighted by atomic mass is 79.9. The van der Waals surface area contributed by atoms with Crippen molar-refractivity contribution in [3.05, 3.63) is 124 Å². The molecule has 0 radical (unpaired) electrons. The van der Waals surface area contributed by atoms with Gasteiger partial charge in [0.2, 0.25) is 0 Å². The number of hydrogen-bond acceptors (Lipinski definition) is 17. The van der Waals surface area contributed by atoms with Gasteiger partial charge in [0.15, 0.2) is 23.0 Å². The number of aromatic hydroxyl groups is 1. The Hall–Kier alpha value is -7.15. The first-order valence-electron chi connectivity index (χ1n) is 29.2. The number of nitrogens with one attached hydrogen (secondary N) is 2. The molecule has 2 aliphatic rings. The Balaban J connectivity index is 0.000000222. The summed E-state index contributed by atoms with van der Waals surface area (Å²) < 4.78 is 130. The second-order valence-corrected chi connectivity index (χ2v) is 24.9. The molecule has 0 unspecified atom stereocenters. The Labute approximate surface area is 514 Å². The number of phenolic OH excluding ortho intramolecular Hbond substituents is 1. The lowest BCUT2D eigenvalue weighted by molar-refractivity contribution is 0.0156. The number of carbonyl (C=O) groups is 2. The number of piperidine rings is 2. The zero-order valence-electron chi connectivity index (χ0n) is 52.6. The number of methoxy groups -OCH3 is 2. The number of aromatic nitrogens is 4. The molecule has 7 aromatic rings. The van der Waals surface area contributed by atoms with Gasteiger partial charge in [0.25, 0.3) is 10.1 Å². The highest BCUT2D eigenvalue weighted by Gasteiger charge is 2.30. The van der Waals surface area contributed by atoms with Crippen LogP contribution in [0, 0.1) is 30.4 Å². The van der Waals surface area contributed by atoms with E-state index in [1.807, 2.05) is 48.5 Å². The van der Waals surface area contributed by atoms with Gasteiger partial charge in [-0.3, -0.25) is 4.18 Å². The van der Waals surface area contributed by atoms with Crippen molar-refractivity contribution in [3.63, 3.8) is 0 Å². The number of halogens is 4. The number of anilines is 4. The van der Waals surface area contributed by atoms with Crippen LogP contribution in [0.3, 0.4) is 0 Å². The van der Waals surface area contributed by atoms with E-state index in [1.165, 1.54) is 49.1 Å². The molecule has 0 spiro atoms. The lowest BCUT2D eigenvalue weighted by atomic mass is 9.98. The van der Waals surface area contributed by atoms with Crippen LogP contribution in [0.5, 0.6) is 23.0 Å². The Kier molecular flexibility index (Phi) is 19.8. The lowest BCUT2D eigenvalue weighted by Crippen LogP contribution is -2.42. The first kappa shape index (κ1) is 57.3. The standard InChI is InChI=1S/C26H30BrFN4O4.C18H27NO5S.C15H11BrFN3O2.CH4/c1-26(2,3)36-25(33)32-9-7-16(8-10-32)14-35-23-13-21-18(12-22(23)34-4)24(30-15-29-21)31-20-6-5-17(27)11-19(20)28;1-14-5-7-16(8-6-14)25(21,22)23-13-15-9-11-19(12-10-15)17(20)24-18(2,3)4;1-22-14-5-9-12(6-13(14)21)18-7-19-15(9)20-11-3-2-8(16)4-10(11)17;/h5-6,11-13,15-16H,7-10,14H2,1-4H3,(H,29,30,31);5-8,15H,9-13H2,1-4H3;2-7,21H,1H3,(H,18,19,20);1H4/i4D3;;1D3;. The summed E-state index contributed by atoms with van der Waals surface area (Å²) in [5.41, 5.74) is 1.08. The molecule has 2 aliphatic heterocycles. The minimum absolute atomic E-state index is 0. The smallest absolute Gasteiger partial charge is 0.410 e. The van der Waals surface area contributed by atoms with Crippen molar-refractivity contribution in [2.45, 2.75) is 97.7 Å². The van der Waals surface area contributed by atoms with Crippen molar-refractivity contribution >= 4 is 99.0 Å². The third-order valence-electron chi connectivity index (χ3n) is 12.8. The minimum Gasteiger partial charge on any atom is -0.504 e. The Bertz CT molecular complexity index is 3740. The molecule has 24 heteroatoms. The topological polar surface area (TPSA) is 226 Å². The number of phenols is 1. The van der Waals surface area contributed by atoms with E-state index in [0.29, 0.717) is 89.2 Å². The number of benzene rings is 5. The summed E-state index contributed by atoms with van der Waals surface area (Å²) in [6.07, 6.45) is 4.71. The predicted octanol–water partition coefficient (Wildman–Crippen LogP) is 14.3. The van der Waals surface area contributed by atoms with Gasteiger partial charge in [-0.2, -0.15) is 8.42 Å². The maximum atomic E-state index is 14.4. The van der Waals surface area contributed by atoms with E-state index in [1.54, 1.807) is 58.3 Å². The van der Waals surface area contributed by atoms with E-state index in [-0.39, 0.29) is 89.0 Å². The number of nitrogens with zero attached hydrogens (tertiary/aromatic N) is 6. The molecule has 2 amide bonds. The molecule has 0 atom stereocenters. The van der Waals surface area contributed by atoms with Crippen molar-refractivity contribution in [1.29, 1.82) is 0 Å². The van der Waals surface area contributed by atoms with Gasteiger partial charge in [-0.15, -0.1) is 0 Å². The zero-order chi connectivity index (χ0) is 65.2. The number of carbonyl (C=O) groups excluding carboxylic acids is 2. The van der Waals surface area contributed by atoms with Crippen molar-refractivity contribution in [2.75, 3.05) is 64.1 Å². The molecule has 0 saturated carbocycles. The molecular formula is C60H72Br2F2N8O11S. The minimum atomic E-state index is -3.74. The number of likely N-dealkylation sites (tertiary alicyclic amines) is 2. The van der Waals surface area contributed by atoms with Crippen LogP contribution in [-0.4, -0.2) is 120 Å². The van der Waals surface area contributed by atoms with Crippen LogP contribution in [0.4, 0.5) is 41.4 Å². The maximum absolute atomic E-state index is 14.4. The fourth-order valence-electron chi connectivity index (χ4n) is 8.43. The molecule has 2 saturated heterocycles. The van der Waals surface area contributed by atoms with Gasteiger partial charge in [-0.05, 0) is 147 Å². The molecule has 5 aromatic carbocycles. The van der Waals surface area contributed by atoms with Gasteiger partial charge >= 0.3 is 12.2 Å². The first-order valence-corrected chi connectivity index (χ1v) is 29.2. The Morgan fingerprint density at radius 2 is 1.11 bits per heavy atom. The molecule has 84 heavy (non-hydrogen) atoms. The normalized spacial score (nSPS) is 15.4. The Morgan fingerprint density at radius 1 is 0.655 bits per heavy atom. The maximum Gasteiger partial charge on any atom is 0.410 e. The first-order chi connectivity index (χ1) is 41.6. The van der Waals surface area contributed by atoms with Crippen LogP contribution in [0.1, 0.15) is 88.4 Å². The van der Waals surface area contributed by atoms with E-state index in [0.717, 1.165) is 5.56 Å². The molecule has 452 valence electrons. The van der Waals surface area contributed by atoms with Crippen molar-refractivity contribution in [3.8, 4) is 23.0 Å². The van der Waals surface area contributed by atoms with Gasteiger partial charge in [-0.1, -0.05) is 57.0 Å². The number of fused-ring (bicyclic) bond motifs is 2. The average Bonchev–Trinajstić information content (AvgIpc) is 0.835. The van der Waals surface area contributed by atoms with E-state index in [9.17, 15) is 31.9 Å². The largest absolute Gasteiger partial charge is 0.504 e. The summed E-state index contributed by atoms with van der Waals surface area (Å²) in [4.78, 5) is 44.4. The van der Waals surface area contributed by atoms with Crippen LogP contribution in [0.15, 0.2) is 111 Å². The summed E-state index contributed by atoms with van der Waals surface area (Å²) in [7, 11) is -9.20. The van der Waals surface area contributed by atoms with Gasteiger partial charge in [-0.25, -0.2) is 38.3 Å². The fourth-order valence-corrected chi connectivity index (χ4v) is 10.1. The summed E-state index contributed by atoms with van der Waals surface area (Å²) in [6.45, 7) is 15.5. The monoisotopic (exact) mass is 1310 g/mol. The molecule has 3 N–H and O–H groups in total. The zero-order valence-corrected chi connectivity index (χ0v) is 50.6. The van der Waals surface area contributed by atoms with E-state index < -0.39 is 47.0 Å². The second kappa shape index (κ2) is 29.1. The number of ether oxygens (including phenoxy) is 5. The number of aryl methyl sites for hydroxylation is 1. The molecule has 0 bridgehead atoms. The van der Waals surface area contributed by atoms with Crippen LogP contribution in [-0.2, 0) is 23.8 Å². The number of amides is 2. The van der Waals surface area contributed by atoms with Crippen molar-refractivity contribution in [2.24, 2.45) is 11.8 Å². The van der Waals surface area contributed by atoms with Crippen molar-refractivity contribution < 1.29 is 68.0 Å². The molecule has 0 aliphatic carbocycles. The van der Waals surface area contributed by atoms with Crippen LogP contribution in [0.2, 0.25) is 0 Å². The third-order valence-corrected chi connectivity index (χ3v) is 15.1. The summed E-state index contributed by atoms with van der Waals surface area (Å²) >= 11 is 6.41. The highest BCUT2D eigenvalue weighted by molar-refractivity contribution is 9.10. The van der Waals surface area contributed by atoms with Gasteiger partial charge in [0.05, 0.1) is 62.8 Å². The summed E-state index contributed by atoms with van der Waals surface area (Å²) in [5, 5.41) is 16.5. The van der Waals surface area contributed by atoms with E-state index in [4.69, 9.17) is 36.1 Å². The molecule has 2 fully saturated rings. The van der Waals surface area contributed by atoms with Gasteiger partial charge in [0.1, 0.15) is 47.1 Å². The second-order valence-electron chi connectivity index (χ2n) is 21.5. The number of hydrogen-bond donors (Lipinski definition) is 3. The molecular weight excluding hydrogens is 1240 g/mol. The average molecular weight is 1320 g/mol. The third kappa shape index (κ3) is 18.7. The SMILES string of the molecule is C.Cc1ccc(S(=O)(=O)OCC2CCN(C(=O)OC(C)(C)C)CC2)cc1.[2H]C([2H])([2H])Oc1cc2c(Nc3ccc(Br)cc3F)ncnc2cc1O.[2H]C([2H])([2H])Oc1cc2c(Nc3ccc(Br)cc3F)ncnc2cc1OCC1CCN(C(=O)OC(C)(C)C)CC1. The molecule has 4 heterocycles.